The lowest BCUT2D eigenvalue weighted by atomic mass is 9.92. The van der Waals surface area contributed by atoms with Gasteiger partial charge in [-0.15, -0.1) is 0 Å². The van der Waals surface area contributed by atoms with Gasteiger partial charge in [-0.1, -0.05) is 24.6 Å². The molecular formula is C46H39N7O6. The molecule has 2 saturated heterocycles. The summed E-state index contributed by atoms with van der Waals surface area (Å²) in [6, 6.07) is 20.5. The number of piperidine rings is 1. The minimum Gasteiger partial charge on any atom is -0.489 e. The normalized spacial score (nSPS) is 20.2. The molecule has 3 aliphatic heterocycles. The van der Waals surface area contributed by atoms with Crippen LogP contribution in [0.1, 0.15) is 58.5 Å². The fourth-order valence-electron chi connectivity index (χ4n) is 8.06. The molecule has 4 aromatic heterocycles. The number of fused-ring (bicyclic) bond motifs is 4. The van der Waals surface area contributed by atoms with Gasteiger partial charge in [0.25, 0.3) is 11.8 Å². The highest BCUT2D eigenvalue weighted by molar-refractivity contribution is 6.23. The van der Waals surface area contributed by atoms with Crippen molar-refractivity contribution >= 4 is 45.2 Å². The Morgan fingerprint density at radius 1 is 0.797 bits per heavy atom. The van der Waals surface area contributed by atoms with Crippen molar-refractivity contribution in [3.8, 4) is 34.6 Å². The molecule has 3 fully saturated rings. The number of nitrogens with zero attached hydrogens (tertiary/aromatic N) is 5. The third-order valence-corrected chi connectivity index (χ3v) is 11.4. The molecule has 294 valence electrons. The number of imide groups is 1. The quantitative estimate of drug-likeness (QED) is 0.0934. The van der Waals surface area contributed by atoms with Crippen molar-refractivity contribution in [2.45, 2.75) is 56.5 Å². The fourth-order valence-corrected chi connectivity index (χ4v) is 8.06. The van der Waals surface area contributed by atoms with E-state index in [9.17, 15) is 14.4 Å². The molecular weight excluding hydrogens is 747 g/mol. The summed E-state index contributed by atoms with van der Waals surface area (Å²) in [5.74, 6) is 6.27. The first-order chi connectivity index (χ1) is 28.8. The summed E-state index contributed by atoms with van der Waals surface area (Å²) in [7, 11) is 0. The van der Waals surface area contributed by atoms with Crippen LogP contribution in [-0.4, -0.2) is 86.6 Å². The number of rotatable bonds is 10. The Balaban J connectivity index is 0.634. The fraction of sp³-hybridized carbons (Fsp3) is 0.261. The van der Waals surface area contributed by atoms with E-state index in [1.54, 1.807) is 24.5 Å². The van der Waals surface area contributed by atoms with Crippen LogP contribution >= 0.6 is 0 Å². The van der Waals surface area contributed by atoms with Crippen LogP contribution in [0.4, 0.5) is 5.69 Å². The minimum atomic E-state index is -0.827. The van der Waals surface area contributed by atoms with Gasteiger partial charge in [0.15, 0.2) is 0 Å². The number of aromatic nitrogens is 4. The second-order valence-electron chi connectivity index (χ2n) is 15.3. The van der Waals surface area contributed by atoms with E-state index >= 15 is 0 Å². The van der Waals surface area contributed by atoms with Crippen LogP contribution in [0.25, 0.3) is 32.9 Å². The van der Waals surface area contributed by atoms with Crippen molar-refractivity contribution in [3.63, 3.8) is 0 Å². The van der Waals surface area contributed by atoms with E-state index in [0.29, 0.717) is 73.1 Å². The summed E-state index contributed by atoms with van der Waals surface area (Å²) >= 11 is 0. The van der Waals surface area contributed by atoms with Gasteiger partial charge < -0.3 is 29.4 Å². The van der Waals surface area contributed by atoms with E-state index in [2.05, 4.69) is 66.8 Å². The number of carbonyl (C=O) groups excluding carboxylic acids is 3. The predicted octanol–water partition coefficient (Wildman–Crippen LogP) is 6.20. The maximum atomic E-state index is 13.2. The summed E-state index contributed by atoms with van der Waals surface area (Å²) in [5.41, 5.74) is 6.97. The standard InChI is InChI=1S/C46H39N7O6/c1-27-5-13-42(44(54)50-27)53-45(55)37-12-9-31(19-38(37)46(53)56)52-25-35(26-52)57-17-3-2-4-30-8-10-32(23-48-30)58-33-20-34(21-33)59-43-14-7-29(22-49-43)28-6-11-36-39-24-47-16-15-40(39)51-41(36)18-28/h6-12,14-16,18-19,22-24,33-35,42,51H,1,3,5,13,17,20-21,25-26H2,(H,50,54). The zero-order valence-electron chi connectivity index (χ0n) is 32.0. The lowest BCUT2D eigenvalue weighted by molar-refractivity contribution is -0.125. The monoisotopic (exact) mass is 785 g/mol. The molecule has 3 amide bonds. The number of aromatic amines is 1. The van der Waals surface area contributed by atoms with Gasteiger partial charge in [0, 0.05) is 95.8 Å². The van der Waals surface area contributed by atoms with E-state index in [0.717, 1.165) is 56.4 Å². The molecule has 59 heavy (non-hydrogen) atoms. The maximum Gasteiger partial charge on any atom is 0.262 e. The number of nitrogens with one attached hydrogen (secondary N) is 2. The highest BCUT2D eigenvalue weighted by Gasteiger charge is 2.44. The zero-order chi connectivity index (χ0) is 40.0. The Hall–Kier alpha value is -7.04. The van der Waals surface area contributed by atoms with Crippen molar-refractivity contribution in [2.24, 2.45) is 0 Å². The third-order valence-electron chi connectivity index (χ3n) is 11.4. The third kappa shape index (κ3) is 7.12. The first-order valence-corrected chi connectivity index (χ1v) is 19.8. The number of H-pyrrole nitrogens is 1. The molecule has 1 aliphatic carbocycles. The molecule has 0 bridgehead atoms. The van der Waals surface area contributed by atoms with E-state index < -0.39 is 17.9 Å². The largest absolute Gasteiger partial charge is 0.489 e. The predicted molar refractivity (Wildman–Crippen MR) is 220 cm³/mol. The van der Waals surface area contributed by atoms with Gasteiger partial charge in [-0.2, -0.15) is 0 Å². The summed E-state index contributed by atoms with van der Waals surface area (Å²) in [6.45, 7) is 5.59. The number of allylic oxidation sites excluding steroid dienone is 1. The van der Waals surface area contributed by atoms with Gasteiger partial charge in [0.05, 0.1) is 30.0 Å². The van der Waals surface area contributed by atoms with E-state index in [-0.39, 0.29) is 24.2 Å². The highest BCUT2D eigenvalue weighted by Crippen LogP contribution is 2.34. The van der Waals surface area contributed by atoms with E-state index in [4.69, 9.17) is 14.2 Å². The Labute approximate surface area is 339 Å². The van der Waals surface area contributed by atoms with Crippen LogP contribution in [0.15, 0.2) is 104 Å². The number of amides is 3. The van der Waals surface area contributed by atoms with Gasteiger partial charge >= 0.3 is 0 Å². The van der Waals surface area contributed by atoms with Crippen LogP contribution in [0.2, 0.25) is 0 Å². The second kappa shape index (κ2) is 15.0. The molecule has 0 spiro atoms. The van der Waals surface area contributed by atoms with E-state index in [1.807, 2.05) is 48.8 Å². The first-order valence-electron chi connectivity index (χ1n) is 19.8. The zero-order valence-corrected chi connectivity index (χ0v) is 32.0. The van der Waals surface area contributed by atoms with Gasteiger partial charge in [-0.25, -0.2) is 9.97 Å². The number of ether oxygens (including phenoxy) is 3. The number of hydrogen-bond donors (Lipinski definition) is 2. The van der Waals surface area contributed by atoms with Gasteiger partial charge in [0.1, 0.15) is 29.7 Å². The SMILES string of the molecule is C=C1CCC(N2C(=O)c3ccc(N4CC(OCCC#Cc5ccc(OC6CC(Oc7ccc(-c8ccc9c(c8)[nH]c8ccncc89)cn7)C6)cn5)C4)cc3C2=O)C(=O)N1. The summed E-state index contributed by atoms with van der Waals surface area (Å²) in [5, 5.41) is 4.92. The molecule has 6 aromatic rings. The topological polar surface area (TPSA) is 152 Å². The summed E-state index contributed by atoms with van der Waals surface area (Å²) in [6.07, 6.45) is 10.3. The lowest BCUT2D eigenvalue weighted by Gasteiger charge is -2.40. The molecule has 13 nitrogen and oxygen atoms in total. The van der Waals surface area contributed by atoms with E-state index in [1.165, 1.54) is 0 Å². The molecule has 7 heterocycles. The maximum absolute atomic E-state index is 13.2. The Kier molecular flexibility index (Phi) is 9.26. The van der Waals surface area contributed by atoms with Gasteiger partial charge in [-0.3, -0.25) is 24.3 Å². The highest BCUT2D eigenvalue weighted by atomic mass is 16.5. The minimum absolute atomic E-state index is 0.0391. The molecule has 0 radical (unpaired) electrons. The molecule has 1 unspecified atom stereocenters. The first kappa shape index (κ1) is 36.3. The number of pyridine rings is 3. The average Bonchev–Trinajstić information content (AvgIpc) is 3.71. The summed E-state index contributed by atoms with van der Waals surface area (Å²) < 4.78 is 18.2. The van der Waals surface area contributed by atoms with Crippen molar-refractivity contribution in [2.75, 3.05) is 24.6 Å². The second-order valence-corrected chi connectivity index (χ2v) is 15.3. The molecule has 13 heteroatoms. The molecule has 10 rings (SSSR count). The number of carbonyl (C=O) groups is 3. The number of benzene rings is 2. The number of anilines is 1. The lowest BCUT2D eigenvalue weighted by Crippen LogP contribution is -2.52. The van der Waals surface area contributed by atoms with Crippen molar-refractivity contribution in [1.82, 2.24) is 30.2 Å². The van der Waals surface area contributed by atoms with Gasteiger partial charge in [-0.05, 0) is 72.9 Å². The average molecular weight is 786 g/mol. The van der Waals surface area contributed by atoms with Crippen LogP contribution in [-0.2, 0) is 9.53 Å². The van der Waals surface area contributed by atoms with Crippen molar-refractivity contribution in [3.05, 3.63) is 121 Å². The van der Waals surface area contributed by atoms with Crippen LogP contribution in [0.5, 0.6) is 11.6 Å². The number of hydrogen-bond acceptors (Lipinski definition) is 10. The van der Waals surface area contributed by atoms with Crippen molar-refractivity contribution < 1.29 is 28.6 Å². The van der Waals surface area contributed by atoms with Crippen molar-refractivity contribution in [1.29, 1.82) is 0 Å². The molecule has 2 N–H and O–H groups in total. The smallest absolute Gasteiger partial charge is 0.262 e. The van der Waals surface area contributed by atoms with Crippen LogP contribution < -0.4 is 19.7 Å². The molecule has 1 saturated carbocycles. The Bertz CT molecular complexity index is 2710. The Morgan fingerprint density at radius 3 is 2.46 bits per heavy atom. The molecule has 2 aromatic carbocycles. The molecule has 1 atom stereocenters. The van der Waals surface area contributed by atoms with Crippen LogP contribution in [0.3, 0.4) is 0 Å². The van der Waals surface area contributed by atoms with Crippen LogP contribution in [0, 0.1) is 11.8 Å². The summed E-state index contributed by atoms with van der Waals surface area (Å²) in [4.78, 5) is 58.7. The van der Waals surface area contributed by atoms with Gasteiger partial charge in [0.2, 0.25) is 11.8 Å². The molecule has 4 aliphatic rings. The Morgan fingerprint density at radius 2 is 1.64 bits per heavy atom.